The van der Waals surface area contributed by atoms with Crippen LogP contribution in [0.3, 0.4) is 0 Å². The van der Waals surface area contributed by atoms with Gasteiger partial charge < -0.3 is 5.11 Å². The monoisotopic (exact) mass is 230 g/mol. The van der Waals surface area contributed by atoms with Crippen LogP contribution in [-0.2, 0) is 0 Å². The number of hydrogen-bond acceptors (Lipinski definition) is 2. The van der Waals surface area contributed by atoms with Crippen LogP contribution in [0.4, 0.5) is 0 Å². The number of aromatic hydroxyl groups is 1. The van der Waals surface area contributed by atoms with E-state index in [1.165, 1.54) is 6.07 Å². The Labute approximate surface area is 97.1 Å². The molecule has 0 fully saturated rings. The van der Waals surface area contributed by atoms with Gasteiger partial charge >= 0.3 is 0 Å². The number of hydrogen-bond donors (Lipinski definition) is 1. The Morgan fingerprint density at radius 2 is 1.50 bits per heavy atom. The van der Waals surface area contributed by atoms with Crippen LogP contribution in [0.25, 0.3) is 11.1 Å². The van der Waals surface area contributed by atoms with Gasteiger partial charge in [-0.15, -0.1) is 0 Å². The number of carbonyl (C=O) groups excluding carboxylic acids is 1. The van der Waals surface area contributed by atoms with Gasteiger partial charge in [0.25, 0.3) is 0 Å². The van der Waals surface area contributed by atoms with Gasteiger partial charge in [0, 0.05) is 16.1 Å². The van der Waals surface area contributed by atoms with Crippen LogP contribution in [0.2, 0.25) is 5.02 Å². The van der Waals surface area contributed by atoms with Gasteiger partial charge in [-0.3, -0.25) is 4.79 Å². The maximum Gasteiger partial charge on any atom is 0.194 e. The molecule has 1 aliphatic carbocycles. The summed E-state index contributed by atoms with van der Waals surface area (Å²) < 4.78 is 0. The molecule has 78 valence electrons. The zero-order valence-corrected chi connectivity index (χ0v) is 8.95. The molecule has 0 bridgehead atoms. The fraction of sp³-hybridized carbons (Fsp3) is 0. The van der Waals surface area contributed by atoms with E-state index in [0.29, 0.717) is 16.1 Å². The first-order chi connectivity index (χ1) is 7.66. The third-order valence-electron chi connectivity index (χ3n) is 2.76. The maximum atomic E-state index is 12.0. The Kier molecular flexibility index (Phi) is 1.82. The highest BCUT2D eigenvalue weighted by Crippen LogP contribution is 2.38. The second-order valence-corrected chi connectivity index (χ2v) is 4.19. The molecule has 0 saturated carbocycles. The molecule has 0 radical (unpaired) electrons. The molecule has 0 aromatic heterocycles. The van der Waals surface area contributed by atoms with E-state index in [9.17, 15) is 9.90 Å². The normalized spacial score (nSPS) is 12.4. The second kappa shape index (κ2) is 3.09. The summed E-state index contributed by atoms with van der Waals surface area (Å²) in [6.07, 6.45) is 0. The average molecular weight is 231 g/mol. The quantitative estimate of drug-likeness (QED) is 0.644. The molecule has 0 heterocycles. The van der Waals surface area contributed by atoms with Gasteiger partial charge in [0.05, 0.1) is 0 Å². The molecule has 2 nitrogen and oxygen atoms in total. The molecular formula is C13H7ClO2. The van der Waals surface area contributed by atoms with Crippen LogP contribution in [0.5, 0.6) is 5.75 Å². The van der Waals surface area contributed by atoms with Crippen molar-refractivity contribution in [1.29, 1.82) is 0 Å². The molecule has 2 aromatic rings. The Morgan fingerprint density at radius 3 is 2.25 bits per heavy atom. The minimum absolute atomic E-state index is 0.0802. The van der Waals surface area contributed by atoms with Crippen molar-refractivity contribution >= 4 is 17.4 Å². The summed E-state index contributed by atoms with van der Waals surface area (Å²) in [4.78, 5) is 12.0. The minimum Gasteiger partial charge on any atom is -0.508 e. The van der Waals surface area contributed by atoms with E-state index in [0.717, 1.165) is 11.1 Å². The lowest BCUT2D eigenvalue weighted by Crippen LogP contribution is -1.94. The highest BCUT2D eigenvalue weighted by atomic mass is 35.5. The molecule has 0 saturated heterocycles. The fourth-order valence-corrected chi connectivity index (χ4v) is 2.21. The van der Waals surface area contributed by atoms with E-state index >= 15 is 0 Å². The van der Waals surface area contributed by atoms with Crippen molar-refractivity contribution in [3.8, 4) is 16.9 Å². The number of halogens is 1. The first kappa shape index (κ1) is 9.43. The van der Waals surface area contributed by atoms with Crippen LogP contribution >= 0.6 is 11.6 Å². The summed E-state index contributed by atoms with van der Waals surface area (Å²) >= 11 is 5.86. The molecule has 0 spiro atoms. The lowest BCUT2D eigenvalue weighted by molar-refractivity contribution is 0.104. The topological polar surface area (TPSA) is 37.3 Å². The number of fused-ring (bicyclic) bond motifs is 3. The van der Waals surface area contributed by atoms with Gasteiger partial charge in [0.1, 0.15) is 5.75 Å². The van der Waals surface area contributed by atoms with Crippen molar-refractivity contribution in [3.63, 3.8) is 0 Å². The lowest BCUT2D eigenvalue weighted by atomic mass is 10.1. The molecule has 0 atom stereocenters. The molecule has 1 N–H and O–H groups in total. The summed E-state index contributed by atoms with van der Waals surface area (Å²) in [5.74, 6) is 0.0226. The number of phenols is 1. The SMILES string of the molecule is O=C1c2cc(O)ccc2-c2ccc(Cl)cc21. The van der Waals surface area contributed by atoms with Gasteiger partial charge in [-0.2, -0.15) is 0 Å². The molecule has 2 aromatic carbocycles. The van der Waals surface area contributed by atoms with Crippen LogP contribution in [-0.4, -0.2) is 10.9 Å². The van der Waals surface area contributed by atoms with Crippen molar-refractivity contribution in [3.05, 3.63) is 52.5 Å². The third-order valence-corrected chi connectivity index (χ3v) is 3.00. The van der Waals surface area contributed by atoms with E-state index in [2.05, 4.69) is 0 Å². The molecule has 16 heavy (non-hydrogen) atoms. The molecule has 0 aliphatic heterocycles. The first-order valence-electron chi connectivity index (χ1n) is 4.84. The zero-order valence-electron chi connectivity index (χ0n) is 8.20. The van der Waals surface area contributed by atoms with Gasteiger partial charge in [-0.05, 0) is 41.5 Å². The maximum absolute atomic E-state index is 12.0. The molecule has 3 rings (SSSR count). The summed E-state index contributed by atoms with van der Waals surface area (Å²) in [5.41, 5.74) is 2.88. The summed E-state index contributed by atoms with van der Waals surface area (Å²) in [6.45, 7) is 0. The van der Waals surface area contributed by atoms with Crippen molar-refractivity contribution in [2.75, 3.05) is 0 Å². The third kappa shape index (κ3) is 1.17. The second-order valence-electron chi connectivity index (χ2n) is 3.75. The summed E-state index contributed by atoms with van der Waals surface area (Å²) in [6, 6.07) is 10.1. The van der Waals surface area contributed by atoms with Gasteiger partial charge in [-0.25, -0.2) is 0 Å². The summed E-state index contributed by atoms with van der Waals surface area (Å²) in [5, 5.41) is 9.91. The van der Waals surface area contributed by atoms with Crippen LogP contribution in [0, 0.1) is 0 Å². The number of rotatable bonds is 0. The van der Waals surface area contributed by atoms with E-state index in [-0.39, 0.29) is 11.5 Å². The number of phenolic OH excluding ortho intramolecular Hbond substituents is 1. The van der Waals surface area contributed by atoms with Crippen LogP contribution in [0.15, 0.2) is 36.4 Å². The lowest BCUT2D eigenvalue weighted by Gasteiger charge is -1.99. The Morgan fingerprint density at radius 1 is 0.875 bits per heavy atom. The van der Waals surface area contributed by atoms with Crippen molar-refractivity contribution in [1.82, 2.24) is 0 Å². The smallest absolute Gasteiger partial charge is 0.194 e. The first-order valence-corrected chi connectivity index (χ1v) is 5.22. The van der Waals surface area contributed by atoms with Gasteiger partial charge in [0.2, 0.25) is 0 Å². The number of benzene rings is 2. The Hall–Kier alpha value is -1.80. The van der Waals surface area contributed by atoms with E-state index in [1.807, 2.05) is 6.07 Å². The van der Waals surface area contributed by atoms with Gasteiger partial charge in [-0.1, -0.05) is 17.7 Å². The highest BCUT2D eigenvalue weighted by Gasteiger charge is 2.26. The predicted octanol–water partition coefficient (Wildman–Crippen LogP) is 3.26. The van der Waals surface area contributed by atoms with Crippen LogP contribution < -0.4 is 0 Å². The standard InChI is InChI=1S/C13H7ClO2/c14-7-1-3-9-10-4-2-8(15)6-12(10)13(16)11(9)5-7/h1-6,15H. The van der Waals surface area contributed by atoms with Crippen molar-refractivity contribution in [2.24, 2.45) is 0 Å². The minimum atomic E-state index is -0.0802. The van der Waals surface area contributed by atoms with Gasteiger partial charge in [0.15, 0.2) is 5.78 Å². The molecule has 3 heteroatoms. The van der Waals surface area contributed by atoms with E-state index in [4.69, 9.17) is 11.6 Å². The Balaban J connectivity index is 2.34. The molecule has 0 amide bonds. The fourth-order valence-electron chi connectivity index (χ4n) is 2.04. The highest BCUT2D eigenvalue weighted by molar-refractivity contribution is 6.32. The zero-order chi connectivity index (χ0) is 11.3. The van der Waals surface area contributed by atoms with E-state index in [1.54, 1.807) is 24.3 Å². The molecule has 1 aliphatic rings. The summed E-state index contributed by atoms with van der Waals surface area (Å²) in [7, 11) is 0. The average Bonchev–Trinajstić information content (AvgIpc) is 2.53. The predicted molar refractivity (Wildman–Crippen MR) is 62.0 cm³/mol. The number of carbonyl (C=O) groups is 1. The molecular weight excluding hydrogens is 224 g/mol. The van der Waals surface area contributed by atoms with E-state index < -0.39 is 0 Å². The number of ketones is 1. The van der Waals surface area contributed by atoms with Crippen molar-refractivity contribution < 1.29 is 9.90 Å². The Bertz CT molecular complexity index is 564. The van der Waals surface area contributed by atoms with Crippen LogP contribution in [0.1, 0.15) is 15.9 Å². The van der Waals surface area contributed by atoms with Crippen molar-refractivity contribution in [2.45, 2.75) is 0 Å². The molecule has 0 unspecified atom stereocenters. The largest absolute Gasteiger partial charge is 0.508 e.